The van der Waals surface area contributed by atoms with Gasteiger partial charge in [-0.1, -0.05) is 23.7 Å². The van der Waals surface area contributed by atoms with Crippen LogP contribution < -0.4 is 0 Å². The van der Waals surface area contributed by atoms with Crippen molar-refractivity contribution in [3.63, 3.8) is 0 Å². The summed E-state index contributed by atoms with van der Waals surface area (Å²) in [5.41, 5.74) is 0.516. The average molecular weight is 300 g/mol. The zero-order chi connectivity index (χ0) is 14.7. The first kappa shape index (κ1) is 15.4. The lowest BCUT2D eigenvalue weighted by atomic mass is 10.0. The van der Waals surface area contributed by atoms with E-state index in [-0.39, 0.29) is 17.2 Å². The molecule has 2 rings (SSSR count). The molecule has 0 spiro atoms. The lowest BCUT2D eigenvalue weighted by Crippen LogP contribution is -2.49. The smallest absolute Gasteiger partial charge is 0.167 e. The van der Waals surface area contributed by atoms with Crippen LogP contribution in [0.5, 0.6) is 0 Å². The Morgan fingerprint density at radius 1 is 1.55 bits per heavy atom. The Bertz CT molecular complexity index is 493. The van der Waals surface area contributed by atoms with Crippen LogP contribution in [0, 0.1) is 5.82 Å². The minimum absolute atomic E-state index is 0.0253. The molecule has 0 saturated carbocycles. The van der Waals surface area contributed by atoms with Crippen molar-refractivity contribution in [2.45, 2.75) is 32.4 Å². The van der Waals surface area contributed by atoms with E-state index in [2.05, 4.69) is 18.7 Å². The van der Waals surface area contributed by atoms with Crippen molar-refractivity contribution in [3.8, 4) is 0 Å². The molecule has 1 unspecified atom stereocenters. The molecule has 0 N–H and O–H groups in total. The SMILES string of the molecule is CC(C)N1CCOC(C(=O)Cc2cccc(F)c2Cl)C1. The summed E-state index contributed by atoms with van der Waals surface area (Å²) >= 11 is 5.88. The van der Waals surface area contributed by atoms with Gasteiger partial charge >= 0.3 is 0 Å². The third-order valence-corrected chi connectivity index (χ3v) is 4.01. The summed E-state index contributed by atoms with van der Waals surface area (Å²) in [5.74, 6) is -0.548. The number of halogens is 2. The second kappa shape index (κ2) is 6.66. The predicted molar refractivity (Wildman–Crippen MR) is 76.6 cm³/mol. The van der Waals surface area contributed by atoms with Crippen LogP contribution in [-0.4, -0.2) is 42.5 Å². The normalized spacial score (nSPS) is 20.4. The zero-order valence-electron chi connectivity index (χ0n) is 11.7. The molecule has 1 aromatic rings. The lowest BCUT2D eigenvalue weighted by molar-refractivity contribution is -0.136. The highest BCUT2D eigenvalue weighted by atomic mass is 35.5. The molecule has 1 aliphatic heterocycles. The Hall–Kier alpha value is -0.970. The molecule has 1 atom stereocenters. The molecule has 3 nitrogen and oxygen atoms in total. The minimum Gasteiger partial charge on any atom is -0.368 e. The molecule has 20 heavy (non-hydrogen) atoms. The van der Waals surface area contributed by atoms with Crippen molar-refractivity contribution >= 4 is 17.4 Å². The summed E-state index contributed by atoms with van der Waals surface area (Å²) < 4.78 is 18.9. The van der Waals surface area contributed by atoms with E-state index < -0.39 is 11.9 Å². The van der Waals surface area contributed by atoms with Crippen LogP contribution >= 0.6 is 11.6 Å². The van der Waals surface area contributed by atoms with Gasteiger partial charge in [0.1, 0.15) is 11.9 Å². The molecule has 1 aliphatic rings. The van der Waals surface area contributed by atoms with Gasteiger partial charge in [0.15, 0.2) is 5.78 Å². The number of ether oxygens (including phenoxy) is 1. The molecule has 0 aromatic heterocycles. The number of carbonyl (C=O) groups is 1. The van der Waals surface area contributed by atoms with Crippen LogP contribution in [0.25, 0.3) is 0 Å². The van der Waals surface area contributed by atoms with E-state index in [4.69, 9.17) is 16.3 Å². The number of hydrogen-bond acceptors (Lipinski definition) is 3. The molecule has 0 amide bonds. The van der Waals surface area contributed by atoms with Crippen LogP contribution in [0.15, 0.2) is 18.2 Å². The number of hydrogen-bond donors (Lipinski definition) is 0. The Morgan fingerprint density at radius 3 is 3.00 bits per heavy atom. The third-order valence-electron chi connectivity index (χ3n) is 3.58. The van der Waals surface area contributed by atoms with Gasteiger partial charge in [-0.3, -0.25) is 9.69 Å². The number of rotatable bonds is 4. The van der Waals surface area contributed by atoms with Crippen LogP contribution in [0.2, 0.25) is 5.02 Å². The van der Waals surface area contributed by atoms with Gasteiger partial charge in [0, 0.05) is 25.6 Å². The Kier molecular flexibility index (Phi) is 5.13. The standard InChI is InChI=1S/C15H19ClFNO2/c1-10(2)18-6-7-20-14(9-18)13(19)8-11-4-3-5-12(17)15(11)16/h3-5,10,14H,6-9H2,1-2H3. The predicted octanol–water partition coefficient (Wildman–Crippen LogP) is 2.70. The Labute approximate surface area is 123 Å². The van der Waals surface area contributed by atoms with E-state index >= 15 is 0 Å². The quantitative estimate of drug-likeness (QED) is 0.856. The van der Waals surface area contributed by atoms with Crippen molar-refractivity contribution in [1.82, 2.24) is 4.90 Å². The highest BCUT2D eigenvalue weighted by molar-refractivity contribution is 6.31. The molecular weight excluding hydrogens is 281 g/mol. The largest absolute Gasteiger partial charge is 0.368 e. The molecule has 0 radical (unpaired) electrons. The number of nitrogens with zero attached hydrogens (tertiary/aromatic N) is 1. The Balaban J connectivity index is 2.03. The highest BCUT2D eigenvalue weighted by Crippen LogP contribution is 2.21. The molecule has 0 aliphatic carbocycles. The van der Waals surface area contributed by atoms with Gasteiger partial charge in [0.25, 0.3) is 0 Å². The second-order valence-electron chi connectivity index (χ2n) is 5.30. The van der Waals surface area contributed by atoms with Gasteiger partial charge < -0.3 is 4.74 Å². The summed E-state index contributed by atoms with van der Waals surface area (Å²) in [6.45, 7) is 6.16. The van der Waals surface area contributed by atoms with Crippen molar-refractivity contribution in [3.05, 3.63) is 34.6 Å². The number of carbonyl (C=O) groups excluding carboxylic acids is 1. The molecule has 1 saturated heterocycles. The first-order valence-electron chi connectivity index (χ1n) is 6.80. The van der Waals surface area contributed by atoms with Gasteiger partial charge in [-0.25, -0.2) is 4.39 Å². The first-order valence-corrected chi connectivity index (χ1v) is 7.18. The molecule has 1 heterocycles. The Morgan fingerprint density at radius 2 is 2.30 bits per heavy atom. The van der Waals surface area contributed by atoms with Crippen LogP contribution in [-0.2, 0) is 16.0 Å². The maximum absolute atomic E-state index is 13.4. The maximum atomic E-state index is 13.4. The average Bonchev–Trinajstić information content (AvgIpc) is 2.44. The molecule has 1 aromatic carbocycles. The van der Waals surface area contributed by atoms with E-state index in [0.717, 1.165) is 6.54 Å². The molecular formula is C15H19ClFNO2. The van der Waals surface area contributed by atoms with Gasteiger partial charge in [-0.15, -0.1) is 0 Å². The summed E-state index contributed by atoms with van der Waals surface area (Å²) in [5, 5.41) is 0.0253. The molecule has 1 fully saturated rings. The number of morpholine rings is 1. The van der Waals surface area contributed by atoms with Crippen LogP contribution in [0.3, 0.4) is 0 Å². The summed E-state index contributed by atoms with van der Waals surface area (Å²) in [7, 11) is 0. The van der Waals surface area contributed by atoms with E-state index in [9.17, 15) is 9.18 Å². The van der Waals surface area contributed by atoms with E-state index in [1.807, 2.05) is 0 Å². The van der Waals surface area contributed by atoms with Gasteiger partial charge in [0.05, 0.1) is 11.6 Å². The van der Waals surface area contributed by atoms with Gasteiger partial charge in [-0.05, 0) is 25.5 Å². The van der Waals surface area contributed by atoms with Crippen molar-refractivity contribution in [2.75, 3.05) is 19.7 Å². The van der Waals surface area contributed by atoms with Crippen molar-refractivity contribution in [1.29, 1.82) is 0 Å². The van der Waals surface area contributed by atoms with E-state index in [1.165, 1.54) is 6.07 Å². The van der Waals surface area contributed by atoms with Crippen LogP contribution in [0.4, 0.5) is 4.39 Å². The first-order chi connectivity index (χ1) is 9.49. The minimum atomic E-state index is -0.495. The fourth-order valence-electron chi connectivity index (χ4n) is 2.32. The van der Waals surface area contributed by atoms with E-state index in [0.29, 0.717) is 24.8 Å². The summed E-state index contributed by atoms with van der Waals surface area (Å²) in [4.78, 5) is 14.5. The van der Waals surface area contributed by atoms with E-state index in [1.54, 1.807) is 12.1 Å². The van der Waals surface area contributed by atoms with Crippen LogP contribution in [0.1, 0.15) is 19.4 Å². The number of benzene rings is 1. The number of ketones is 1. The van der Waals surface area contributed by atoms with Crippen molar-refractivity contribution in [2.24, 2.45) is 0 Å². The maximum Gasteiger partial charge on any atom is 0.167 e. The topological polar surface area (TPSA) is 29.5 Å². The second-order valence-corrected chi connectivity index (χ2v) is 5.68. The fourth-order valence-corrected chi connectivity index (χ4v) is 2.51. The molecule has 5 heteroatoms. The van der Waals surface area contributed by atoms with Gasteiger partial charge in [0.2, 0.25) is 0 Å². The zero-order valence-corrected chi connectivity index (χ0v) is 12.5. The van der Waals surface area contributed by atoms with Crippen molar-refractivity contribution < 1.29 is 13.9 Å². The molecule has 110 valence electrons. The monoisotopic (exact) mass is 299 g/mol. The third kappa shape index (κ3) is 3.57. The highest BCUT2D eigenvalue weighted by Gasteiger charge is 2.28. The fraction of sp³-hybridized carbons (Fsp3) is 0.533. The summed E-state index contributed by atoms with van der Waals surface area (Å²) in [6.07, 6.45) is -0.349. The molecule has 0 bridgehead atoms. The summed E-state index contributed by atoms with van der Waals surface area (Å²) in [6, 6.07) is 4.90. The lowest BCUT2D eigenvalue weighted by Gasteiger charge is -2.34. The number of Topliss-reactive ketones (excluding diaryl/α,β-unsaturated/α-hetero) is 1. The van der Waals surface area contributed by atoms with Gasteiger partial charge in [-0.2, -0.15) is 0 Å².